The first-order valence-corrected chi connectivity index (χ1v) is 5.69. The molecule has 2 rings (SSSR count). The van der Waals surface area contributed by atoms with Crippen LogP contribution in [-0.2, 0) is 0 Å². The van der Waals surface area contributed by atoms with Crippen LogP contribution >= 0.6 is 15.9 Å². The second-order valence-corrected chi connectivity index (χ2v) is 4.45. The van der Waals surface area contributed by atoms with Gasteiger partial charge in [0.25, 0.3) is 0 Å². The summed E-state index contributed by atoms with van der Waals surface area (Å²) in [6, 6.07) is 2.60. The molecular formula is C10H14BrN3. The number of nitrogens with zero attached hydrogens (tertiary/aromatic N) is 2. The molecule has 1 aliphatic carbocycles. The molecule has 0 unspecified atom stereocenters. The van der Waals surface area contributed by atoms with Gasteiger partial charge in [0.15, 0.2) is 0 Å². The van der Waals surface area contributed by atoms with Crippen LogP contribution in [0.25, 0.3) is 0 Å². The van der Waals surface area contributed by atoms with E-state index in [-0.39, 0.29) is 0 Å². The fraction of sp³-hybridized carbons (Fsp3) is 0.500. The molecule has 1 heterocycles. The number of pyridine rings is 1. The van der Waals surface area contributed by atoms with Crippen LogP contribution in [0.15, 0.2) is 16.7 Å². The van der Waals surface area contributed by atoms with Crippen molar-refractivity contribution in [2.24, 2.45) is 0 Å². The van der Waals surface area contributed by atoms with Gasteiger partial charge in [-0.15, -0.1) is 0 Å². The van der Waals surface area contributed by atoms with Crippen molar-refractivity contribution in [3.63, 3.8) is 0 Å². The van der Waals surface area contributed by atoms with E-state index in [1.54, 1.807) is 6.20 Å². The summed E-state index contributed by atoms with van der Waals surface area (Å²) in [5.74, 6) is 1.02. The Hall–Kier alpha value is -0.770. The molecule has 2 N–H and O–H groups in total. The fourth-order valence-corrected chi connectivity index (χ4v) is 2.22. The maximum absolute atomic E-state index is 5.65. The van der Waals surface area contributed by atoms with Crippen molar-refractivity contribution in [2.75, 3.05) is 17.2 Å². The Labute approximate surface area is 92.4 Å². The zero-order valence-corrected chi connectivity index (χ0v) is 9.79. The van der Waals surface area contributed by atoms with Crippen molar-refractivity contribution < 1.29 is 0 Å². The summed E-state index contributed by atoms with van der Waals surface area (Å²) < 4.78 is 0.992. The lowest BCUT2D eigenvalue weighted by Crippen LogP contribution is -2.26. The molecule has 0 aliphatic heterocycles. The third kappa shape index (κ3) is 1.85. The summed E-state index contributed by atoms with van der Waals surface area (Å²) >= 11 is 3.50. The Kier molecular flexibility index (Phi) is 2.63. The average molecular weight is 256 g/mol. The topological polar surface area (TPSA) is 42.2 Å². The molecule has 14 heavy (non-hydrogen) atoms. The maximum atomic E-state index is 5.65. The van der Waals surface area contributed by atoms with E-state index in [4.69, 9.17) is 5.73 Å². The van der Waals surface area contributed by atoms with E-state index < -0.39 is 0 Å². The molecule has 76 valence electrons. The molecule has 1 aliphatic rings. The predicted molar refractivity (Wildman–Crippen MR) is 62.4 cm³/mol. The zero-order valence-electron chi connectivity index (χ0n) is 8.20. The Bertz CT molecular complexity index is 336. The molecule has 3 nitrogen and oxygen atoms in total. The summed E-state index contributed by atoms with van der Waals surface area (Å²) in [5.41, 5.74) is 6.35. The van der Waals surface area contributed by atoms with Gasteiger partial charge < -0.3 is 10.6 Å². The van der Waals surface area contributed by atoms with Gasteiger partial charge in [-0.3, -0.25) is 0 Å². The Morgan fingerprint density at radius 3 is 2.86 bits per heavy atom. The standard InChI is InChI=1S/C10H14BrN3/c1-2-14(8-3-4-8)10-9(11)5-7(12)6-13-10/h5-6,8H,2-4,12H2,1H3. The smallest absolute Gasteiger partial charge is 0.143 e. The number of halogens is 1. The van der Waals surface area contributed by atoms with Crippen LogP contribution in [-0.4, -0.2) is 17.6 Å². The van der Waals surface area contributed by atoms with Gasteiger partial charge in [0.2, 0.25) is 0 Å². The van der Waals surface area contributed by atoms with Crippen molar-refractivity contribution >= 4 is 27.4 Å². The highest BCUT2D eigenvalue weighted by atomic mass is 79.9. The minimum absolute atomic E-state index is 0.687. The predicted octanol–water partition coefficient (Wildman–Crippen LogP) is 2.42. The number of hydrogen-bond donors (Lipinski definition) is 1. The first-order chi connectivity index (χ1) is 6.72. The van der Waals surface area contributed by atoms with Crippen LogP contribution in [0.4, 0.5) is 11.5 Å². The number of nitrogens with two attached hydrogens (primary N) is 1. The molecule has 1 saturated carbocycles. The Morgan fingerprint density at radius 1 is 1.64 bits per heavy atom. The number of anilines is 2. The number of nitrogen functional groups attached to an aromatic ring is 1. The quantitative estimate of drug-likeness (QED) is 0.903. The fourth-order valence-electron chi connectivity index (χ4n) is 1.62. The summed E-state index contributed by atoms with van der Waals surface area (Å²) in [5, 5.41) is 0. The third-order valence-corrected chi connectivity index (χ3v) is 3.03. The Balaban J connectivity index is 2.29. The van der Waals surface area contributed by atoms with E-state index in [1.165, 1.54) is 12.8 Å². The van der Waals surface area contributed by atoms with E-state index in [0.29, 0.717) is 11.7 Å². The van der Waals surface area contributed by atoms with Crippen LogP contribution in [0.3, 0.4) is 0 Å². The van der Waals surface area contributed by atoms with E-state index in [9.17, 15) is 0 Å². The van der Waals surface area contributed by atoms with Crippen LogP contribution in [0, 0.1) is 0 Å². The second kappa shape index (κ2) is 3.77. The molecule has 1 aromatic heterocycles. The van der Waals surface area contributed by atoms with E-state index in [2.05, 4.69) is 32.7 Å². The minimum Gasteiger partial charge on any atom is -0.397 e. The van der Waals surface area contributed by atoms with Crippen molar-refractivity contribution in [3.8, 4) is 0 Å². The maximum Gasteiger partial charge on any atom is 0.143 e. The van der Waals surface area contributed by atoms with E-state index in [1.807, 2.05) is 6.07 Å². The largest absolute Gasteiger partial charge is 0.397 e. The molecule has 0 amide bonds. The van der Waals surface area contributed by atoms with Gasteiger partial charge in [-0.05, 0) is 41.8 Å². The number of rotatable bonds is 3. The monoisotopic (exact) mass is 255 g/mol. The minimum atomic E-state index is 0.687. The summed E-state index contributed by atoms with van der Waals surface area (Å²) in [6.45, 7) is 3.16. The zero-order chi connectivity index (χ0) is 10.1. The molecular weight excluding hydrogens is 242 g/mol. The third-order valence-electron chi connectivity index (χ3n) is 2.44. The molecule has 0 aromatic carbocycles. The number of aromatic nitrogens is 1. The number of hydrogen-bond acceptors (Lipinski definition) is 3. The van der Waals surface area contributed by atoms with Crippen molar-refractivity contribution in [3.05, 3.63) is 16.7 Å². The van der Waals surface area contributed by atoms with Gasteiger partial charge in [-0.1, -0.05) is 0 Å². The molecule has 0 atom stereocenters. The molecule has 4 heteroatoms. The second-order valence-electron chi connectivity index (χ2n) is 3.59. The SMILES string of the molecule is CCN(c1ncc(N)cc1Br)C1CC1. The summed E-state index contributed by atoms with van der Waals surface area (Å²) in [7, 11) is 0. The van der Waals surface area contributed by atoms with Gasteiger partial charge in [0.05, 0.1) is 16.4 Å². The van der Waals surface area contributed by atoms with Crippen LogP contribution in [0.5, 0.6) is 0 Å². The first kappa shape index (κ1) is 9.77. The van der Waals surface area contributed by atoms with Gasteiger partial charge >= 0.3 is 0 Å². The molecule has 0 spiro atoms. The molecule has 1 fully saturated rings. The highest BCUT2D eigenvalue weighted by Gasteiger charge is 2.29. The van der Waals surface area contributed by atoms with Crippen molar-refractivity contribution in [1.82, 2.24) is 4.98 Å². The normalized spacial score (nSPS) is 15.6. The van der Waals surface area contributed by atoms with E-state index in [0.717, 1.165) is 16.8 Å². The highest BCUT2D eigenvalue weighted by molar-refractivity contribution is 9.10. The molecule has 0 saturated heterocycles. The average Bonchev–Trinajstić information content (AvgIpc) is 2.93. The molecule has 0 bridgehead atoms. The van der Waals surface area contributed by atoms with Gasteiger partial charge in [0, 0.05) is 12.6 Å². The summed E-state index contributed by atoms with van der Waals surface area (Å²) in [4.78, 5) is 6.69. The van der Waals surface area contributed by atoms with Gasteiger partial charge in [0.1, 0.15) is 5.82 Å². The van der Waals surface area contributed by atoms with Gasteiger partial charge in [-0.25, -0.2) is 4.98 Å². The Morgan fingerprint density at radius 2 is 2.36 bits per heavy atom. The van der Waals surface area contributed by atoms with Crippen molar-refractivity contribution in [2.45, 2.75) is 25.8 Å². The van der Waals surface area contributed by atoms with Gasteiger partial charge in [-0.2, -0.15) is 0 Å². The van der Waals surface area contributed by atoms with Crippen LogP contribution < -0.4 is 10.6 Å². The van der Waals surface area contributed by atoms with Crippen LogP contribution in [0.2, 0.25) is 0 Å². The lowest BCUT2D eigenvalue weighted by molar-refractivity contribution is 0.806. The first-order valence-electron chi connectivity index (χ1n) is 4.90. The molecule has 0 radical (unpaired) electrons. The summed E-state index contributed by atoms with van der Waals surface area (Å²) in [6.07, 6.45) is 4.28. The van der Waals surface area contributed by atoms with Crippen molar-refractivity contribution in [1.29, 1.82) is 0 Å². The lowest BCUT2D eigenvalue weighted by atomic mass is 10.3. The van der Waals surface area contributed by atoms with E-state index >= 15 is 0 Å². The lowest BCUT2D eigenvalue weighted by Gasteiger charge is -2.22. The highest BCUT2D eigenvalue weighted by Crippen LogP contribution is 2.34. The van der Waals surface area contributed by atoms with Crippen LogP contribution in [0.1, 0.15) is 19.8 Å². The molecule has 1 aromatic rings.